The van der Waals surface area contributed by atoms with Crippen molar-refractivity contribution in [1.29, 1.82) is 0 Å². The highest BCUT2D eigenvalue weighted by Gasteiger charge is 2.20. The zero-order chi connectivity index (χ0) is 13.1. The van der Waals surface area contributed by atoms with Crippen LogP contribution in [0, 0.1) is 0 Å². The molecule has 1 unspecified atom stereocenters. The number of ether oxygens (including phenoxy) is 2. The molecule has 1 atom stereocenters. The molecule has 1 aromatic rings. The molecule has 0 aromatic heterocycles. The molecule has 6 nitrogen and oxygen atoms in total. The van der Waals surface area contributed by atoms with Crippen molar-refractivity contribution in [2.45, 2.75) is 18.9 Å². The van der Waals surface area contributed by atoms with Crippen LogP contribution < -0.4 is 15.2 Å². The van der Waals surface area contributed by atoms with Gasteiger partial charge in [-0.15, -0.1) is 0 Å². The highest BCUT2D eigenvalue weighted by Crippen LogP contribution is 2.38. The third kappa shape index (κ3) is 2.65. The second-order valence-corrected chi connectivity index (χ2v) is 4.11. The van der Waals surface area contributed by atoms with Gasteiger partial charge < -0.3 is 25.4 Å². The maximum absolute atomic E-state index is 10.6. The van der Waals surface area contributed by atoms with Crippen molar-refractivity contribution >= 4 is 5.97 Å². The van der Waals surface area contributed by atoms with Crippen LogP contribution in [0.15, 0.2) is 12.1 Å². The molecule has 0 bridgehead atoms. The van der Waals surface area contributed by atoms with Gasteiger partial charge >= 0.3 is 5.97 Å². The van der Waals surface area contributed by atoms with Gasteiger partial charge in [0.2, 0.25) is 0 Å². The summed E-state index contributed by atoms with van der Waals surface area (Å²) in [5.41, 5.74) is 6.08. The van der Waals surface area contributed by atoms with Crippen LogP contribution in [0.25, 0.3) is 0 Å². The quantitative estimate of drug-likeness (QED) is 0.743. The average molecular weight is 253 g/mol. The number of benzene rings is 1. The zero-order valence-corrected chi connectivity index (χ0v) is 9.76. The summed E-state index contributed by atoms with van der Waals surface area (Å²) in [5, 5.41) is 18.5. The van der Waals surface area contributed by atoms with Gasteiger partial charge in [0.05, 0.1) is 19.6 Å². The highest BCUT2D eigenvalue weighted by molar-refractivity contribution is 5.68. The molecule has 6 heteroatoms. The van der Waals surface area contributed by atoms with E-state index in [-0.39, 0.29) is 12.2 Å². The van der Waals surface area contributed by atoms with Crippen LogP contribution in [0.4, 0.5) is 0 Å². The summed E-state index contributed by atoms with van der Waals surface area (Å²) in [7, 11) is 0. The molecular weight excluding hydrogens is 238 g/mol. The summed E-state index contributed by atoms with van der Waals surface area (Å²) in [6, 6.07) is 2.18. The Morgan fingerprint density at radius 2 is 1.94 bits per heavy atom. The minimum absolute atomic E-state index is 0.0759. The maximum Gasteiger partial charge on any atom is 0.305 e. The number of aromatic hydroxyl groups is 1. The Bertz CT molecular complexity index is 460. The summed E-state index contributed by atoms with van der Waals surface area (Å²) in [4.78, 5) is 10.6. The van der Waals surface area contributed by atoms with E-state index in [9.17, 15) is 9.90 Å². The summed E-state index contributed by atoms with van der Waals surface area (Å²) in [5.74, 6) is -0.153. The van der Waals surface area contributed by atoms with E-state index in [4.69, 9.17) is 20.3 Å². The van der Waals surface area contributed by atoms with E-state index in [0.29, 0.717) is 30.3 Å². The molecule has 1 aromatic carbocycles. The monoisotopic (exact) mass is 253 g/mol. The van der Waals surface area contributed by atoms with E-state index < -0.39 is 12.0 Å². The molecule has 0 fully saturated rings. The number of hydrogen-bond acceptors (Lipinski definition) is 5. The van der Waals surface area contributed by atoms with E-state index in [0.717, 1.165) is 6.42 Å². The molecule has 98 valence electrons. The van der Waals surface area contributed by atoms with Gasteiger partial charge in [0.1, 0.15) is 5.75 Å². The number of phenolic OH excluding ortho intramolecular Hbond substituents is 1. The number of nitrogens with two attached hydrogens (primary N) is 1. The van der Waals surface area contributed by atoms with Crippen molar-refractivity contribution in [1.82, 2.24) is 0 Å². The van der Waals surface area contributed by atoms with Crippen LogP contribution in [0.3, 0.4) is 0 Å². The van der Waals surface area contributed by atoms with Gasteiger partial charge in [-0.2, -0.15) is 0 Å². The lowest BCUT2D eigenvalue weighted by molar-refractivity contribution is -0.137. The van der Waals surface area contributed by atoms with Gasteiger partial charge in [-0.1, -0.05) is 0 Å². The molecule has 1 aliphatic heterocycles. The van der Waals surface area contributed by atoms with Crippen LogP contribution in [-0.4, -0.2) is 29.4 Å². The van der Waals surface area contributed by atoms with E-state index >= 15 is 0 Å². The number of carboxylic acid groups (broad SMARTS) is 1. The van der Waals surface area contributed by atoms with Gasteiger partial charge in [0.15, 0.2) is 11.5 Å². The van der Waals surface area contributed by atoms with E-state index in [2.05, 4.69) is 0 Å². The smallest absolute Gasteiger partial charge is 0.305 e. The SMILES string of the molecule is NC(CC(=O)O)c1cc2c(cc1O)OCCCO2. The molecule has 1 aliphatic rings. The van der Waals surface area contributed by atoms with Crippen LogP contribution in [-0.2, 0) is 4.79 Å². The van der Waals surface area contributed by atoms with Crippen molar-refractivity contribution in [3.8, 4) is 17.2 Å². The Labute approximate surface area is 104 Å². The minimum atomic E-state index is -1.02. The number of hydrogen-bond donors (Lipinski definition) is 3. The second-order valence-electron chi connectivity index (χ2n) is 4.11. The normalized spacial score (nSPS) is 15.8. The molecule has 1 heterocycles. The first kappa shape index (κ1) is 12.5. The molecular formula is C12H15NO5. The number of carbonyl (C=O) groups is 1. The molecule has 0 aliphatic carbocycles. The van der Waals surface area contributed by atoms with Crippen molar-refractivity contribution in [3.63, 3.8) is 0 Å². The highest BCUT2D eigenvalue weighted by atomic mass is 16.5. The van der Waals surface area contributed by atoms with Crippen LogP contribution >= 0.6 is 0 Å². The van der Waals surface area contributed by atoms with Gasteiger partial charge in [-0.3, -0.25) is 4.79 Å². The predicted octanol–water partition coefficient (Wildman–Crippen LogP) is 1.03. The van der Waals surface area contributed by atoms with Crippen LogP contribution in [0.5, 0.6) is 17.2 Å². The largest absolute Gasteiger partial charge is 0.507 e. The molecule has 18 heavy (non-hydrogen) atoms. The Hall–Kier alpha value is -1.95. The lowest BCUT2D eigenvalue weighted by Gasteiger charge is -2.15. The van der Waals surface area contributed by atoms with Gasteiger partial charge in [0.25, 0.3) is 0 Å². The summed E-state index contributed by atoms with van der Waals surface area (Å²) < 4.78 is 10.9. The van der Waals surface area contributed by atoms with Crippen LogP contribution in [0.1, 0.15) is 24.4 Å². The fraction of sp³-hybridized carbons (Fsp3) is 0.417. The van der Waals surface area contributed by atoms with Gasteiger partial charge in [0, 0.05) is 24.1 Å². The fourth-order valence-corrected chi connectivity index (χ4v) is 1.81. The standard InChI is InChI=1S/C12H15NO5/c13-8(5-12(15)16)7-4-10-11(6-9(7)14)18-3-1-2-17-10/h4,6,8,14H,1-3,5,13H2,(H,15,16). The molecule has 4 N–H and O–H groups in total. The molecule has 2 rings (SSSR count). The van der Waals surface area contributed by atoms with Gasteiger partial charge in [-0.25, -0.2) is 0 Å². The molecule has 0 saturated carbocycles. The second kappa shape index (κ2) is 5.14. The van der Waals surface area contributed by atoms with E-state index in [1.807, 2.05) is 0 Å². The first-order valence-corrected chi connectivity index (χ1v) is 5.68. The molecule has 0 radical (unpaired) electrons. The number of aliphatic carboxylic acids is 1. The molecule has 0 amide bonds. The third-order valence-electron chi connectivity index (χ3n) is 2.69. The maximum atomic E-state index is 10.6. The number of carboxylic acids is 1. The number of rotatable bonds is 3. The summed E-state index contributed by atoms with van der Waals surface area (Å²) in [6.07, 6.45) is 0.499. The zero-order valence-electron chi connectivity index (χ0n) is 9.76. The third-order valence-corrected chi connectivity index (χ3v) is 2.69. The van der Waals surface area contributed by atoms with Crippen molar-refractivity contribution in [2.75, 3.05) is 13.2 Å². The summed E-state index contributed by atoms with van der Waals surface area (Å²) >= 11 is 0. The van der Waals surface area contributed by atoms with E-state index in [1.54, 1.807) is 6.07 Å². The first-order valence-electron chi connectivity index (χ1n) is 5.68. The number of fused-ring (bicyclic) bond motifs is 1. The lowest BCUT2D eigenvalue weighted by atomic mass is 10.0. The predicted molar refractivity (Wildman–Crippen MR) is 62.9 cm³/mol. The van der Waals surface area contributed by atoms with E-state index in [1.165, 1.54) is 6.07 Å². The Morgan fingerprint density at radius 1 is 1.33 bits per heavy atom. The number of phenols is 1. The first-order chi connectivity index (χ1) is 8.58. The Morgan fingerprint density at radius 3 is 2.56 bits per heavy atom. The van der Waals surface area contributed by atoms with Gasteiger partial charge in [-0.05, 0) is 6.07 Å². The fourth-order valence-electron chi connectivity index (χ4n) is 1.81. The Kier molecular flexibility index (Phi) is 3.57. The minimum Gasteiger partial charge on any atom is -0.507 e. The molecule has 0 spiro atoms. The van der Waals surface area contributed by atoms with Crippen molar-refractivity contribution in [3.05, 3.63) is 17.7 Å². The topological polar surface area (TPSA) is 102 Å². The molecule has 0 saturated heterocycles. The van der Waals surface area contributed by atoms with Crippen molar-refractivity contribution in [2.24, 2.45) is 5.73 Å². The lowest BCUT2D eigenvalue weighted by Crippen LogP contribution is -2.15. The summed E-state index contributed by atoms with van der Waals surface area (Å²) in [6.45, 7) is 1.04. The van der Waals surface area contributed by atoms with Crippen LogP contribution in [0.2, 0.25) is 0 Å². The van der Waals surface area contributed by atoms with Crippen molar-refractivity contribution < 1.29 is 24.5 Å². The average Bonchev–Trinajstić information content (AvgIpc) is 2.51. The Balaban J connectivity index is 2.31.